The Balaban J connectivity index is 1.40. The number of aromatic nitrogens is 6. The number of nitrogens with one attached hydrogen (secondary N) is 1. The van der Waals surface area contributed by atoms with Gasteiger partial charge in [0.2, 0.25) is 0 Å². The molecule has 0 aliphatic heterocycles. The Morgan fingerprint density at radius 3 is 2.81 bits per heavy atom. The molecule has 0 spiro atoms. The lowest BCUT2D eigenvalue weighted by Crippen LogP contribution is -2.12. The molecule has 0 fully saturated rings. The number of hydrogen-bond donors (Lipinski definition) is 1. The minimum atomic E-state index is -0.279. The molecule has 3 heterocycles. The molecule has 1 amide bonds. The lowest BCUT2D eigenvalue weighted by atomic mass is 10.1. The Kier molecular flexibility index (Phi) is 4.60. The maximum atomic E-state index is 12.7. The Morgan fingerprint density at radius 2 is 1.97 bits per heavy atom. The van der Waals surface area contributed by atoms with Gasteiger partial charge in [-0.05, 0) is 42.5 Å². The van der Waals surface area contributed by atoms with Crippen LogP contribution >= 0.6 is 0 Å². The predicted molar refractivity (Wildman–Crippen MR) is 114 cm³/mol. The van der Waals surface area contributed by atoms with Gasteiger partial charge in [0, 0.05) is 11.1 Å². The zero-order chi connectivity index (χ0) is 21.2. The number of methoxy groups -OCH3 is 1. The van der Waals surface area contributed by atoms with Gasteiger partial charge in [-0.2, -0.15) is 10.2 Å². The van der Waals surface area contributed by atoms with Crippen molar-refractivity contribution in [1.29, 1.82) is 0 Å². The third-order valence-corrected chi connectivity index (χ3v) is 4.72. The lowest BCUT2D eigenvalue weighted by molar-refractivity contribution is 0.102. The van der Waals surface area contributed by atoms with Crippen LogP contribution in [0, 0.1) is 0 Å². The van der Waals surface area contributed by atoms with Crippen LogP contribution in [0.15, 0.2) is 79.5 Å². The van der Waals surface area contributed by atoms with Gasteiger partial charge in [-0.15, -0.1) is 0 Å². The molecule has 31 heavy (non-hydrogen) atoms. The van der Waals surface area contributed by atoms with E-state index >= 15 is 0 Å². The number of amides is 1. The number of carbonyl (C=O) groups is 1. The molecule has 0 atom stereocenters. The van der Waals surface area contributed by atoms with E-state index in [1.54, 1.807) is 47.0 Å². The summed E-state index contributed by atoms with van der Waals surface area (Å²) < 4.78 is 8.51. The topological polar surface area (TPSA) is 99.2 Å². The summed E-state index contributed by atoms with van der Waals surface area (Å²) in [6.07, 6.45) is 4.69. The van der Waals surface area contributed by atoms with Crippen molar-refractivity contribution in [3.8, 4) is 22.7 Å². The van der Waals surface area contributed by atoms with Crippen LogP contribution in [0.25, 0.3) is 22.6 Å². The molecule has 0 bridgehead atoms. The quantitative estimate of drug-likeness (QED) is 0.477. The smallest absolute Gasteiger partial charge is 0.256 e. The van der Waals surface area contributed by atoms with E-state index in [1.807, 2.05) is 42.5 Å². The zero-order valence-electron chi connectivity index (χ0n) is 16.5. The van der Waals surface area contributed by atoms with Crippen molar-refractivity contribution in [1.82, 2.24) is 29.4 Å². The van der Waals surface area contributed by atoms with E-state index in [0.717, 1.165) is 22.7 Å². The molecule has 5 rings (SSSR count). The highest BCUT2D eigenvalue weighted by Gasteiger charge is 2.11. The number of hydrogen-bond acceptors (Lipinski definition) is 6. The zero-order valence-corrected chi connectivity index (χ0v) is 16.5. The molecule has 152 valence electrons. The summed E-state index contributed by atoms with van der Waals surface area (Å²) in [6, 6.07) is 18.5. The number of carbonyl (C=O) groups excluding carboxylic acids is 1. The Bertz CT molecular complexity index is 1380. The summed E-state index contributed by atoms with van der Waals surface area (Å²) >= 11 is 0. The summed E-state index contributed by atoms with van der Waals surface area (Å²) in [7, 11) is 1.63. The maximum absolute atomic E-state index is 12.7. The van der Waals surface area contributed by atoms with Gasteiger partial charge in [-0.25, -0.2) is 19.2 Å². The van der Waals surface area contributed by atoms with E-state index in [1.165, 1.54) is 6.33 Å². The highest BCUT2D eigenvalue weighted by atomic mass is 16.5. The molecule has 0 unspecified atom stereocenters. The standard InChI is InChI=1S/C22H17N7O2/c1-31-18-7-3-4-15(11-18)19-8-9-21-25-20(12-28(21)27-19)26-22(30)16-5-2-6-17(10-16)29-14-23-13-24-29/h2-14H,1H3,(H,26,30). The van der Waals surface area contributed by atoms with Crippen LogP contribution in [-0.2, 0) is 0 Å². The van der Waals surface area contributed by atoms with E-state index in [4.69, 9.17) is 4.74 Å². The van der Waals surface area contributed by atoms with E-state index < -0.39 is 0 Å². The van der Waals surface area contributed by atoms with Gasteiger partial charge in [0.25, 0.3) is 5.91 Å². The fraction of sp³-hybridized carbons (Fsp3) is 0.0455. The van der Waals surface area contributed by atoms with Gasteiger partial charge >= 0.3 is 0 Å². The van der Waals surface area contributed by atoms with Crippen molar-refractivity contribution in [2.45, 2.75) is 0 Å². The summed E-state index contributed by atoms with van der Waals surface area (Å²) in [4.78, 5) is 21.1. The number of nitrogens with zero attached hydrogens (tertiary/aromatic N) is 6. The first kappa shape index (κ1) is 18.5. The second-order valence-corrected chi connectivity index (χ2v) is 6.72. The van der Waals surface area contributed by atoms with Crippen molar-refractivity contribution in [3.63, 3.8) is 0 Å². The summed E-state index contributed by atoms with van der Waals surface area (Å²) in [5, 5.41) is 11.5. The first-order valence-electron chi connectivity index (χ1n) is 9.47. The number of anilines is 1. The molecule has 5 aromatic rings. The number of imidazole rings is 1. The van der Waals surface area contributed by atoms with Crippen molar-refractivity contribution in [2.24, 2.45) is 0 Å². The molecule has 9 nitrogen and oxygen atoms in total. The second-order valence-electron chi connectivity index (χ2n) is 6.72. The summed E-state index contributed by atoms with van der Waals surface area (Å²) in [5.74, 6) is 0.885. The van der Waals surface area contributed by atoms with Crippen LogP contribution in [0.3, 0.4) is 0 Å². The number of fused-ring (bicyclic) bond motifs is 1. The van der Waals surface area contributed by atoms with Crippen molar-refractivity contribution >= 4 is 17.4 Å². The minimum absolute atomic E-state index is 0.279. The minimum Gasteiger partial charge on any atom is -0.497 e. The van der Waals surface area contributed by atoms with Crippen LogP contribution in [0.5, 0.6) is 5.75 Å². The van der Waals surface area contributed by atoms with E-state index in [2.05, 4.69) is 25.5 Å². The third-order valence-electron chi connectivity index (χ3n) is 4.72. The van der Waals surface area contributed by atoms with Crippen LogP contribution in [0.4, 0.5) is 5.82 Å². The molecule has 0 aliphatic carbocycles. The van der Waals surface area contributed by atoms with Crippen LogP contribution in [-0.4, -0.2) is 42.4 Å². The molecule has 2 aromatic carbocycles. The van der Waals surface area contributed by atoms with Gasteiger partial charge in [-0.1, -0.05) is 18.2 Å². The first-order valence-corrected chi connectivity index (χ1v) is 9.47. The van der Waals surface area contributed by atoms with Crippen molar-refractivity contribution in [2.75, 3.05) is 12.4 Å². The maximum Gasteiger partial charge on any atom is 0.256 e. The summed E-state index contributed by atoms with van der Waals surface area (Å²) in [6.45, 7) is 0. The largest absolute Gasteiger partial charge is 0.497 e. The van der Waals surface area contributed by atoms with Gasteiger partial charge in [-0.3, -0.25) is 4.79 Å². The fourth-order valence-corrected chi connectivity index (χ4v) is 3.20. The Labute approximate surface area is 177 Å². The predicted octanol–water partition coefficient (Wildman–Crippen LogP) is 3.24. The van der Waals surface area contributed by atoms with E-state index in [0.29, 0.717) is 17.0 Å². The normalized spacial score (nSPS) is 10.9. The Morgan fingerprint density at radius 1 is 1.06 bits per heavy atom. The number of benzene rings is 2. The van der Waals surface area contributed by atoms with Crippen molar-refractivity contribution in [3.05, 3.63) is 85.1 Å². The van der Waals surface area contributed by atoms with Crippen molar-refractivity contribution < 1.29 is 9.53 Å². The van der Waals surface area contributed by atoms with Crippen LogP contribution < -0.4 is 10.1 Å². The number of rotatable bonds is 5. The molecule has 0 saturated heterocycles. The van der Waals surface area contributed by atoms with Gasteiger partial charge in [0.05, 0.1) is 24.7 Å². The fourth-order valence-electron chi connectivity index (χ4n) is 3.20. The van der Waals surface area contributed by atoms with Gasteiger partial charge in [0.15, 0.2) is 11.5 Å². The molecule has 0 aliphatic rings. The average Bonchev–Trinajstić information content (AvgIpc) is 3.48. The molecular weight excluding hydrogens is 394 g/mol. The third kappa shape index (κ3) is 3.71. The lowest BCUT2D eigenvalue weighted by Gasteiger charge is -2.05. The van der Waals surface area contributed by atoms with Crippen LogP contribution in [0.2, 0.25) is 0 Å². The average molecular weight is 411 g/mol. The SMILES string of the molecule is COc1cccc(-c2ccc3nc(NC(=O)c4cccc(-n5cncn5)c4)cn3n2)c1. The van der Waals surface area contributed by atoms with E-state index in [-0.39, 0.29) is 5.91 Å². The van der Waals surface area contributed by atoms with E-state index in [9.17, 15) is 4.79 Å². The number of ether oxygens (including phenoxy) is 1. The molecule has 9 heteroatoms. The summed E-state index contributed by atoms with van der Waals surface area (Å²) in [5.41, 5.74) is 3.53. The molecule has 0 saturated carbocycles. The van der Waals surface area contributed by atoms with Crippen LogP contribution in [0.1, 0.15) is 10.4 Å². The monoisotopic (exact) mass is 411 g/mol. The molecule has 0 radical (unpaired) electrons. The molecular formula is C22H17N7O2. The Hall–Kier alpha value is -4.53. The highest BCUT2D eigenvalue weighted by Crippen LogP contribution is 2.23. The second kappa shape index (κ2) is 7.71. The molecule has 1 N–H and O–H groups in total. The first-order chi connectivity index (χ1) is 15.2. The molecule has 3 aromatic heterocycles. The highest BCUT2D eigenvalue weighted by molar-refractivity contribution is 6.04. The van der Waals surface area contributed by atoms with Gasteiger partial charge < -0.3 is 10.1 Å². The van der Waals surface area contributed by atoms with Gasteiger partial charge in [0.1, 0.15) is 18.4 Å².